The van der Waals surface area contributed by atoms with Crippen molar-refractivity contribution >= 4 is 107 Å². The third-order valence-electron chi connectivity index (χ3n) is 15.3. The van der Waals surface area contributed by atoms with Crippen molar-refractivity contribution in [1.82, 2.24) is 4.57 Å². The molecule has 0 N–H and O–H groups in total. The average molecular weight is 868 g/mol. The topological polar surface area (TPSA) is 4.93 Å². The molecular formula is C65H41NS. The molecule has 1 aliphatic rings. The van der Waals surface area contributed by atoms with E-state index in [0.29, 0.717) is 0 Å². The number of fused-ring (bicyclic) bond motifs is 19. The van der Waals surface area contributed by atoms with Crippen LogP contribution < -0.4 is 0 Å². The number of thiophene rings is 1. The number of rotatable bonds is 3. The molecule has 0 radical (unpaired) electrons. The molecule has 0 saturated carbocycles. The molecule has 0 aliphatic heterocycles. The van der Waals surface area contributed by atoms with Gasteiger partial charge in [-0.15, -0.1) is 11.3 Å². The Morgan fingerprint density at radius 2 is 0.925 bits per heavy atom. The van der Waals surface area contributed by atoms with Gasteiger partial charge in [0.1, 0.15) is 0 Å². The van der Waals surface area contributed by atoms with E-state index >= 15 is 0 Å². The van der Waals surface area contributed by atoms with E-state index in [1.807, 2.05) is 11.3 Å². The molecule has 0 fully saturated rings. The first kappa shape index (κ1) is 37.2. The zero-order valence-electron chi connectivity index (χ0n) is 37.1. The summed E-state index contributed by atoms with van der Waals surface area (Å²) in [6.45, 7) is 4.77. The number of para-hydroxylation sites is 1. The van der Waals surface area contributed by atoms with Gasteiger partial charge in [0.2, 0.25) is 0 Å². The van der Waals surface area contributed by atoms with E-state index in [2.05, 4.69) is 231 Å². The Balaban J connectivity index is 0.923. The van der Waals surface area contributed by atoms with Crippen LogP contribution in [0, 0.1) is 0 Å². The molecule has 67 heavy (non-hydrogen) atoms. The third-order valence-corrected chi connectivity index (χ3v) is 16.5. The largest absolute Gasteiger partial charge is 0.309 e. The van der Waals surface area contributed by atoms with Crippen LogP contribution in [-0.4, -0.2) is 4.57 Å². The Bertz CT molecular complexity index is 4450. The van der Waals surface area contributed by atoms with E-state index in [0.717, 1.165) is 0 Å². The summed E-state index contributed by atoms with van der Waals surface area (Å²) in [5, 5.41) is 18.0. The van der Waals surface area contributed by atoms with Gasteiger partial charge in [-0.3, -0.25) is 0 Å². The maximum atomic E-state index is 2.50. The molecule has 0 spiro atoms. The first-order valence-corrected chi connectivity index (χ1v) is 24.2. The second-order valence-electron chi connectivity index (χ2n) is 19.2. The summed E-state index contributed by atoms with van der Waals surface area (Å²) in [5.74, 6) is 0. The van der Waals surface area contributed by atoms with E-state index in [1.165, 1.54) is 146 Å². The van der Waals surface area contributed by atoms with E-state index < -0.39 is 0 Å². The van der Waals surface area contributed by atoms with Crippen molar-refractivity contribution in [3.05, 3.63) is 223 Å². The number of aromatic nitrogens is 1. The lowest BCUT2D eigenvalue weighted by atomic mass is 9.80. The summed E-state index contributed by atoms with van der Waals surface area (Å²) in [5.41, 5.74) is 14.2. The molecule has 2 heteroatoms. The van der Waals surface area contributed by atoms with Crippen LogP contribution in [0.5, 0.6) is 0 Å². The molecule has 1 nitrogen and oxygen atoms in total. The summed E-state index contributed by atoms with van der Waals surface area (Å²) in [6, 6.07) is 80.1. The van der Waals surface area contributed by atoms with Gasteiger partial charge >= 0.3 is 0 Å². The van der Waals surface area contributed by atoms with E-state index in [9.17, 15) is 0 Å². The molecule has 1 aliphatic carbocycles. The fourth-order valence-electron chi connectivity index (χ4n) is 12.2. The Labute approximate surface area is 391 Å². The summed E-state index contributed by atoms with van der Waals surface area (Å²) < 4.78 is 5.14. The molecule has 0 atom stereocenters. The molecular weight excluding hydrogens is 827 g/mol. The lowest BCUT2D eigenvalue weighted by molar-refractivity contribution is 0.661. The number of nitrogens with zero attached hydrogens (tertiary/aromatic N) is 1. The molecule has 14 aromatic rings. The van der Waals surface area contributed by atoms with E-state index in [4.69, 9.17) is 0 Å². The van der Waals surface area contributed by atoms with Gasteiger partial charge in [0, 0.05) is 47.4 Å². The zero-order chi connectivity index (χ0) is 44.1. The minimum atomic E-state index is -0.0831. The van der Waals surface area contributed by atoms with Crippen LogP contribution in [0.1, 0.15) is 25.0 Å². The predicted molar refractivity (Wildman–Crippen MR) is 290 cm³/mol. The second-order valence-corrected chi connectivity index (χ2v) is 20.2. The molecule has 2 aromatic heterocycles. The zero-order valence-corrected chi connectivity index (χ0v) is 37.9. The Morgan fingerprint density at radius 3 is 1.73 bits per heavy atom. The van der Waals surface area contributed by atoms with Crippen molar-refractivity contribution < 1.29 is 0 Å². The van der Waals surface area contributed by atoms with Gasteiger partial charge in [0.15, 0.2) is 0 Å². The number of hydrogen-bond acceptors (Lipinski definition) is 1. The van der Waals surface area contributed by atoms with Crippen molar-refractivity contribution in [3.8, 4) is 39.1 Å². The first-order valence-electron chi connectivity index (χ1n) is 23.4. The van der Waals surface area contributed by atoms with Crippen LogP contribution in [0.15, 0.2) is 212 Å². The molecule has 0 amide bonds. The first-order chi connectivity index (χ1) is 33.0. The molecule has 312 valence electrons. The third kappa shape index (κ3) is 5.14. The Hall–Kier alpha value is -8.04. The highest BCUT2D eigenvalue weighted by Gasteiger charge is 2.37. The van der Waals surface area contributed by atoms with Crippen LogP contribution in [0.25, 0.3) is 135 Å². The molecule has 15 rings (SSSR count). The SMILES string of the molecule is CC1(C)c2ccccc2-c2c1cc(-c1ccc3sc4ccc(-c5ccc6c(c5)c5ccccc5c5c6ccc6c7cc8ccccc8cc7n(-c7ccccc7)c65)cc4c3c1)c1ccccc21. The lowest BCUT2D eigenvalue weighted by Gasteiger charge is -2.23. The molecule has 0 saturated heterocycles. The van der Waals surface area contributed by atoms with E-state index in [-0.39, 0.29) is 5.41 Å². The summed E-state index contributed by atoms with van der Waals surface area (Å²) in [7, 11) is 0. The smallest absolute Gasteiger partial charge is 0.0625 e. The standard InChI is InChI=1S/C65H41NS/c1-65(2)57-23-13-12-22-51(57)62-47-20-10-8-18-44(47)52(37-58(62)65)42-26-31-61-56(35-42)55-34-41(25-30-60(55)67-61)40-24-27-46-49-28-29-50-54-33-38-14-6-7-15-39(38)36-59(54)66(43-16-4-3-5-17-43)64(50)63(49)48-21-11-9-19-45(48)53(46)32-40/h3-37H,1-2H3. The highest BCUT2D eigenvalue weighted by atomic mass is 32.1. The molecule has 0 bridgehead atoms. The maximum absolute atomic E-state index is 2.50. The highest BCUT2D eigenvalue weighted by molar-refractivity contribution is 7.25. The second kappa shape index (κ2) is 13.5. The lowest BCUT2D eigenvalue weighted by Crippen LogP contribution is -2.15. The minimum Gasteiger partial charge on any atom is -0.309 e. The van der Waals surface area contributed by atoms with Crippen molar-refractivity contribution in [2.45, 2.75) is 19.3 Å². The fraction of sp³-hybridized carbons (Fsp3) is 0.0462. The Morgan fingerprint density at radius 1 is 0.358 bits per heavy atom. The van der Waals surface area contributed by atoms with E-state index in [1.54, 1.807) is 0 Å². The summed E-state index contributed by atoms with van der Waals surface area (Å²) in [4.78, 5) is 0. The van der Waals surface area contributed by atoms with Gasteiger partial charge in [-0.05, 0) is 154 Å². The van der Waals surface area contributed by atoms with Crippen LogP contribution in [0.3, 0.4) is 0 Å². The molecule has 2 heterocycles. The summed E-state index contributed by atoms with van der Waals surface area (Å²) in [6.07, 6.45) is 0. The maximum Gasteiger partial charge on any atom is 0.0625 e. The highest BCUT2D eigenvalue weighted by Crippen LogP contribution is 2.54. The van der Waals surface area contributed by atoms with Crippen LogP contribution in [0.4, 0.5) is 0 Å². The summed E-state index contributed by atoms with van der Waals surface area (Å²) >= 11 is 1.89. The van der Waals surface area contributed by atoms with Gasteiger partial charge in [-0.25, -0.2) is 0 Å². The Kier molecular flexibility index (Phi) is 7.51. The van der Waals surface area contributed by atoms with Crippen molar-refractivity contribution in [3.63, 3.8) is 0 Å². The number of hydrogen-bond donors (Lipinski definition) is 0. The number of benzene rings is 12. The van der Waals surface area contributed by atoms with Gasteiger partial charge in [0.25, 0.3) is 0 Å². The van der Waals surface area contributed by atoms with Crippen LogP contribution >= 0.6 is 11.3 Å². The van der Waals surface area contributed by atoms with Gasteiger partial charge in [-0.1, -0.05) is 166 Å². The van der Waals surface area contributed by atoms with Crippen molar-refractivity contribution in [2.75, 3.05) is 0 Å². The van der Waals surface area contributed by atoms with Gasteiger partial charge < -0.3 is 4.57 Å². The van der Waals surface area contributed by atoms with Gasteiger partial charge in [0.05, 0.1) is 11.0 Å². The van der Waals surface area contributed by atoms with Crippen LogP contribution in [-0.2, 0) is 5.41 Å². The monoisotopic (exact) mass is 867 g/mol. The predicted octanol–water partition coefficient (Wildman–Crippen LogP) is 18.6. The van der Waals surface area contributed by atoms with Gasteiger partial charge in [-0.2, -0.15) is 0 Å². The molecule has 12 aromatic carbocycles. The minimum absolute atomic E-state index is 0.0831. The van der Waals surface area contributed by atoms with Crippen LogP contribution in [0.2, 0.25) is 0 Å². The average Bonchev–Trinajstić information content (AvgIpc) is 3.99. The fourth-order valence-corrected chi connectivity index (χ4v) is 13.2. The normalized spacial score (nSPS) is 13.3. The van der Waals surface area contributed by atoms with Crippen molar-refractivity contribution in [1.29, 1.82) is 0 Å². The molecule has 0 unspecified atom stereocenters. The van der Waals surface area contributed by atoms with Crippen molar-refractivity contribution in [2.24, 2.45) is 0 Å². The quantitative estimate of drug-likeness (QED) is 0.156.